The highest BCUT2D eigenvalue weighted by Crippen LogP contribution is 2.37. The summed E-state index contributed by atoms with van der Waals surface area (Å²) in [5.41, 5.74) is 2.68. The lowest BCUT2D eigenvalue weighted by molar-refractivity contribution is -0.139. The third kappa shape index (κ3) is 4.95. The van der Waals surface area contributed by atoms with Crippen molar-refractivity contribution in [2.75, 3.05) is 0 Å². The van der Waals surface area contributed by atoms with E-state index in [0.717, 1.165) is 11.6 Å². The molecular weight excluding hydrogens is 349 g/mol. The molecule has 0 N–H and O–H groups in total. The van der Waals surface area contributed by atoms with E-state index in [9.17, 15) is 18.0 Å². The van der Waals surface area contributed by atoms with Crippen molar-refractivity contribution < 1.29 is 18.0 Å². The molecule has 132 valence electrons. The van der Waals surface area contributed by atoms with Gasteiger partial charge in [0.25, 0.3) is 0 Å². The van der Waals surface area contributed by atoms with Crippen LogP contribution in [0.5, 0.6) is 0 Å². The van der Waals surface area contributed by atoms with Gasteiger partial charge >= 0.3 is 6.18 Å². The van der Waals surface area contributed by atoms with Crippen LogP contribution in [0.15, 0.2) is 42.5 Å². The number of hydrogen-bond donors (Lipinski definition) is 0. The minimum absolute atomic E-state index is 0.0735. The summed E-state index contributed by atoms with van der Waals surface area (Å²) in [6.45, 7) is 4.92. The zero-order chi connectivity index (χ0) is 18.8. The Bertz CT molecular complexity index is 802. The largest absolute Gasteiger partial charge is 0.399 e. The molecule has 2 rings (SSSR count). The molecular formula is C20H18ClF3O. The molecule has 1 unspecified atom stereocenters. The Morgan fingerprint density at radius 2 is 1.80 bits per heavy atom. The predicted molar refractivity (Wildman–Crippen MR) is 95.2 cm³/mol. The molecule has 1 atom stereocenters. The molecule has 0 radical (unpaired) electrons. The average Bonchev–Trinajstić information content (AvgIpc) is 2.44. The number of allylic oxidation sites excluding steroid dienone is 1. The molecule has 0 fully saturated rings. The molecule has 1 nitrogen and oxygen atoms in total. The maximum Gasteiger partial charge on any atom is 0.399 e. The summed E-state index contributed by atoms with van der Waals surface area (Å²) in [5.74, 6) is -1.83. The molecule has 0 aliphatic carbocycles. The number of hydrogen-bond acceptors (Lipinski definition) is 1. The lowest BCUT2D eigenvalue weighted by Gasteiger charge is -2.18. The van der Waals surface area contributed by atoms with Crippen molar-refractivity contribution in [1.29, 1.82) is 0 Å². The molecule has 0 saturated carbocycles. The number of carbonyl (C=O) groups is 1. The number of rotatable bonds is 4. The second-order valence-electron chi connectivity index (χ2n) is 6.07. The van der Waals surface area contributed by atoms with Gasteiger partial charge in [-0.25, -0.2) is 0 Å². The minimum Gasteiger partial charge on any atom is -0.295 e. The maximum atomic E-state index is 13.5. The minimum atomic E-state index is -4.43. The highest BCUT2D eigenvalue weighted by molar-refractivity contribution is 6.30. The Balaban J connectivity index is 2.39. The van der Waals surface area contributed by atoms with Crippen LogP contribution in [0.25, 0.3) is 6.08 Å². The third-order valence-corrected chi connectivity index (χ3v) is 4.11. The first-order valence-electron chi connectivity index (χ1n) is 7.71. The summed E-state index contributed by atoms with van der Waals surface area (Å²) in [4.78, 5) is 11.4. The van der Waals surface area contributed by atoms with Crippen LogP contribution in [0.4, 0.5) is 13.2 Å². The lowest BCUT2D eigenvalue weighted by Crippen LogP contribution is -2.19. The van der Waals surface area contributed by atoms with Crippen LogP contribution < -0.4 is 0 Å². The highest BCUT2D eigenvalue weighted by atomic mass is 35.5. The average molecular weight is 367 g/mol. The van der Waals surface area contributed by atoms with Crippen LogP contribution in [-0.2, 0) is 0 Å². The van der Waals surface area contributed by atoms with E-state index in [0.29, 0.717) is 16.7 Å². The first-order valence-corrected chi connectivity index (χ1v) is 8.09. The molecule has 0 bridgehead atoms. The van der Waals surface area contributed by atoms with Gasteiger partial charge in [-0.1, -0.05) is 48.0 Å². The molecule has 0 spiro atoms. The van der Waals surface area contributed by atoms with Gasteiger partial charge in [-0.05, 0) is 55.2 Å². The SMILES string of the molecule is CC(=O)c1ccc(/C=C/C(c2cc(C)cc(Cl)c2)C(F)(F)F)cc1C. The molecule has 0 saturated heterocycles. The van der Waals surface area contributed by atoms with Crippen molar-refractivity contribution in [3.63, 3.8) is 0 Å². The Morgan fingerprint density at radius 3 is 2.32 bits per heavy atom. The van der Waals surface area contributed by atoms with E-state index in [1.54, 1.807) is 38.1 Å². The summed E-state index contributed by atoms with van der Waals surface area (Å²) in [6, 6.07) is 9.40. The summed E-state index contributed by atoms with van der Waals surface area (Å²) in [7, 11) is 0. The van der Waals surface area contributed by atoms with Gasteiger partial charge in [0, 0.05) is 10.6 Å². The fourth-order valence-corrected chi connectivity index (χ4v) is 3.04. The molecule has 0 heterocycles. The van der Waals surface area contributed by atoms with Crippen LogP contribution in [0.3, 0.4) is 0 Å². The van der Waals surface area contributed by atoms with Gasteiger partial charge in [-0.15, -0.1) is 0 Å². The molecule has 0 aromatic heterocycles. The van der Waals surface area contributed by atoms with Gasteiger partial charge in [0.15, 0.2) is 5.78 Å². The zero-order valence-corrected chi connectivity index (χ0v) is 14.9. The van der Waals surface area contributed by atoms with E-state index >= 15 is 0 Å². The van der Waals surface area contributed by atoms with E-state index in [1.165, 1.54) is 25.1 Å². The van der Waals surface area contributed by atoms with Crippen molar-refractivity contribution >= 4 is 23.5 Å². The van der Waals surface area contributed by atoms with E-state index in [2.05, 4.69) is 0 Å². The van der Waals surface area contributed by atoms with Crippen LogP contribution in [0.1, 0.15) is 45.5 Å². The number of Topliss-reactive ketones (excluding diaryl/α,β-unsaturated/α-hetero) is 1. The van der Waals surface area contributed by atoms with E-state index in [-0.39, 0.29) is 16.4 Å². The highest BCUT2D eigenvalue weighted by Gasteiger charge is 2.39. The number of ketones is 1. The van der Waals surface area contributed by atoms with Gasteiger partial charge in [0.05, 0.1) is 5.92 Å². The summed E-state index contributed by atoms with van der Waals surface area (Å²) < 4.78 is 40.4. The number of halogens is 4. The van der Waals surface area contributed by atoms with Crippen molar-refractivity contribution in [1.82, 2.24) is 0 Å². The van der Waals surface area contributed by atoms with E-state index in [4.69, 9.17) is 11.6 Å². The molecule has 0 aliphatic rings. The molecule has 2 aromatic carbocycles. The molecule has 25 heavy (non-hydrogen) atoms. The quantitative estimate of drug-likeness (QED) is 0.563. The van der Waals surface area contributed by atoms with Crippen LogP contribution >= 0.6 is 11.6 Å². The van der Waals surface area contributed by atoms with Crippen LogP contribution in [0, 0.1) is 13.8 Å². The third-order valence-electron chi connectivity index (χ3n) is 3.89. The molecule has 2 aromatic rings. The van der Waals surface area contributed by atoms with Crippen LogP contribution in [-0.4, -0.2) is 12.0 Å². The zero-order valence-electron chi connectivity index (χ0n) is 14.1. The smallest absolute Gasteiger partial charge is 0.295 e. The summed E-state index contributed by atoms with van der Waals surface area (Å²) in [5, 5.41) is 0.277. The van der Waals surface area contributed by atoms with Gasteiger partial charge in [-0.3, -0.25) is 4.79 Å². The Morgan fingerprint density at radius 1 is 1.12 bits per heavy atom. The number of alkyl halides is 3. The van der Waals surface area contributed by atoms with Gasteiger partial charge in [-0.2, -0.15) is 13.2 Å². The van der Waals surface area contributed by atoms with Gasteiger partial charge < -0.3 is 0 Å². The monoisotopic (exact) mass is 366 g/mol. The second-order valence-corrected chi connectivity index (χ2v) is 6.51. The number of benzene rings is 2. The fourth-order valence-electron chi connectivity index (χ4n) is 2.75. The Labute approximate surface area is 150 Å². The molecule has 0 amide bonds. The Hall–Kier alpha value is -2.07. The first-order chi connectivity index (χ1) is 11.6. The summed E-state index contributed by atoms with van der Waals surface area (Å²) >= 11 is 5.91. The normalized spacial score (nSPS) is 13.2. The summed E-state index contributed by atoms with van der Waals surface area (Å²) in [6.07, 6.45) is -1.89. The topological polar surface area (TPSA) is 17.1 Å². The van der Waals surface area contributed by atoms with E-state index < -0.39 is 12.1 Å². The number of aryl methyl sites for hydroxylation is 2. The van der Waals surface area contributed by atoms with Gasteiger partial charge in [0.2, 0.25) is 0 Å². The van der Waals surface area contributed by atoms with Crippen molar-refractivity contribution in [2.45, 2.75) is 32.9 Å². The standard InChI is InChI=1S/C20H18ClF3O/c1-12-8-16(11-17(21)9-12)19(20(22,23)24)7-5-15-4-6-18(14(3)25)13(2)10-15/h4-11,19H,1-3H3/b7-5+. The van der Waals surface area contributed by atoms with Crippen LogP contribution in [0.2, 0.25) is 5.02 Å². The first kappa shape index (κ1) is 19.3. The van der Waals surface area contributed by atoms with Crippen molar-refractivity contribution in [3.8, 4) is 0 Å². The Kier molecular flexibility index (Phi) is 5.73. The predicted octanol–water partition coefficient (Wildman–Crippen LogP) is 6.52. The lowest BCUT2D eigenvalue weighted by atomic mass is 9.95. The van der Waals surface area contributed by atoms with Gasteiger partial charge in [0.1, 0.15) is 0 Å². The fraction of sp³-hybridized carbons (Fsp3) is 0.250. The molecule has 0 aliphatic heterocycles. The van der Waals surface area contributed by atoms with E-state index in [1.807, 2.05) is 0 Å². The second kappa shape index (κ2) is 7.44. The van der Waals surface area contributed by atoms with Crippen molar-refractivity contribution in [3.05, 3.63) is 75.3 Å². The van der Waals surface area contributed by atoms with Crippen molar-refractivity contribution in [2.24, 2.45) is 0 Å². The maximum absolute atomic E-state index is 13.5. The number of carbonyl (C=O) groups excluding carboxylic acids is 1. The molecule has 5 heteroatoms.